The normalized spacial score (nSPS) is 12.0. The monoisotopic (exact) mass is 339 g/mol. The lowest BCUT2D eigenvalue weighted by Gasteiger charge is -2.17. The Kier molecular flexibility index (Phi) is 7.05. The molecule has 0 heterocycles. The maximum absolute atomic E-state index is 12.2. The van der Waals surface area contributed by atoms with Crippen LogP contribution in [0.25, 0.3) is 0 Å². The average Bonchev–Trinajstić information content (AvgIpc) is 2.59. The predicted octanol–water partition coefficient (Wildman–Crippen LogP) is 4.63. The smallest absolute Gasteiger partial charge is 0.258 e. The van der Waals surface area contributed by atoms with Crippen molar-refractivity contribution in [1.82, 2.24) is 5.32 Å². The number of hydrogen-bond donors (Lipinski definition) is 1. The maximum Gasteiger partial charge on any atom is 0.258 e. The summed E-state index contributed by atoms with van der Waals surface area (Å²) < 4.78 is 5.79. The molecular weight excluding hydrogens is 310 g/mol. The first-order valence-corrected chi connectivity index (χ1v) is 9.02. The van der Waals surface area contributed by atoms with E-state index in [1.807, 2.05) is 38.1 Å². The fraction of sp³-hybridized carbons (Fsp3) is 0.409. The van der Waals surface area contributed by atoms with Crippen molar-refractivity contribution >= 4 is 5.91 Å². The summed E-state index contributed by atoms with van der Waals surface area (Å²) in [5, 5.41) is 3.02. The number of aryl methyl sites for hydroxylation is 2. The SMILES string of the molecule is Cc1ccc(C(C)C)c(OCC(=O)N[C@@H](C)CCc2ccccc2)c1. The summed E-state index contributed by atoms with van der Waals surface area (Å²) in [6.07, 6.45) is 1.87. The van der Waals surface area contributed by atoms with Crippen LogP contribution in [0.4, 0.5) is 0 Å². The van der Waals surface area contributed by atoms with Crippen LogP contribution in [-0.4, -0.2) is 18.6 Å². The summed E-state index contributed by atoms with van der Waals surface area (Å²) in [5.41, 5.74) is 3.56. The van der Waals surface area contributed by atoms with E-state index in [1.165, 1.54) is 5.56 Å². The van der Waals surface area contributed by atoms with E-state index in [4.69, 9.17) is 4.74 Å². The van der Waals surface area contributed by atoms with Gasteiger partial charge in [-0.15, -0.1) is 0 Å². The summed E-state index contributed by atoms with van der Waals surface area (Å²) in [4.78, 5) is 12.2. The van der Waals surface area contributed by atoms with Gasteiger partial charge in [0, 0.05) is 6.04 Å². The van der Waals surface area contributed by atoms with Gasteiger partial charge >= 0.3 is 0 Å². The minimum Gasteiger partial charge on any atom is -0.483 e. The Morgan fingerprint density at radius 3 is 2.48 bits per heavy atom. The van der Waals surface area contributed by atoms with Crippen LogP contribution in [0.5, 0.6) is 5.75 Å². The van der Waals surface area contributed by atoms with Crippen molar-refractivity contribution in [2.24, 2.45) is 0 Å². The van der Waals surface area contributed by atoms with Gasteiger partial charge in [-0.3, -0.25) is 4.79 Å². The van der Waals surface area contributed by atoms with E-state index in [9.17, 15) is 4.79 Å². The largest absolute Gasteiger partial charge is 0.483 e. The molecule has 1 atom stereocenters. The molecule has 25 heavy (non-hydrogen) atoms. The van der Waals surface area contributed by atoms with Crippen molar-refractivity contribution in [3.05, 3.63) is 65.2 Å². The number of hydrogen-bond acceptors (Lipinski definition) is 2. The zero-order valence-electron chi connectivity index (χ0n) is 15.7. The quantitative estimate of drug-likeness (QED) is 0.761. The minimum atomic E-state index is -0.0724. The van der Waals surface area contributed by atoms with Crippen molar-refractivity contribution in [2.45, 2.75) is 52.5 Å². The van der Waals surface area contributed by atoms with Gasteiger partial charge in [-0.25, -0.2) is 0 Å². The van der Waals surface area contributed by atoms with Crippen molar-refractivity contribution in [3.8, 4) is 5.75 Å². The summed E-state index contributed by atoms with van der Waals surface area (Å²) in [6, 6.07) is 16.6. The number of nitrogens with one attached hydrogen (secondary N) is 1. The van der Waals surface area contributed by atoms with E-state index in [1.54, 1.807) is 0 Å². The molecule has 134 valence electrons. The molecule has 0 aliphatic carbocycles. The molecule has 2 rings (SSSR count). The number of benzene rings is 2. The van der Waals surface area contributed by atoms with E-state index in [-0.39, 0.29) is 18.6 Å². The molecule has 0 bridgehead atoms. The molecule has 1 N–H and O–H groups in total. The second kappa shape index (κ2) is 9.26. The molecule has 0 unspecified atom stereocenters. The zero-order valence-corrected chi connectivity index (χ0v) is 15.7. The third kappa shape index (κ3) is 6.26. The highest BCUT2D eigenvalue weighted by Gasteiger charge is 2.12. The van der Waals surface area contributed by atoms with Crippen LogP contribution < -0.4 is 10.1 Å². The summed E-state index contributed by atoms with van der Waals surface area (Å²) >= 11 is 0. The van der Waals surface area contributed by atoms with Crippen LogP contribution in [0.2, 0.25) is 0 Å². The Hall–Kier alpha value is -2.29. The van der Waals surface area contributed by atoms with Crippen molar-refractivity contribution in [2.75, 3.05) is 6.61 Å². The van der Waals surface area contributed by atoms with Crippen LogP contribution in [0.15, 0.2) is 48.5 Å². The zero-order chi connectivity index (χ0) is 18.2. The number of ether oxygens (including phenoxy) is 1. The topological polar surface area (TPSA) is 38.3 Å². The summed E-state index contributed by atoms with van der Waals surface area (Å²) in [5.74, 6) is 1.10. The third-order valence-electron chi connectivity index (χ3n) is 4.27. The molecule has 0 aliphatic heterocycles. The Labute approximate surface area is 151 Å². The molecule has 2 aromatic rings. The summed E-state index contributed by atoms with van der Waals surface area (Å²) in [7, 11) is 0. The van der Waals surface area contributed by atoms with Gasteiger partial charge in [0.25, 0.3) is 5.91 Å². The Bertz CT molecular complexity index is 680. The second-order valence-electron chi connectivity index (χ2n) is 6.98. The van der Waals surface area contributed by atoms with Crippen LogP contribution in [-0.2, 0) is 11.2 Å². The molecule has 0 fully saturated rings. The van der Waals surface area contributed by atoms with E-state index in [0.717, 1.165) is 29.7 Å². The lowest BCUT2D eigenvalue weighted by molar-refractivity contribution is -0.123. The van der Waals surface area contributed by atoms with Crippen LogP contribution in [0.1, 0.15) is 49.8 Å². The molecular formula is C22H29NO2. The van der Waals surface area contributed by atoms with Gasteiger partial charge in [0.1, 0.15) is 5.75 Å². The van der Waals surface area contributed by atoms with Gasteiger partial charge < -0.3 is 10.1 Å². The van der Waals surface area contributed by atoms with Crippen LogP contribution in [0, 0.1) is 6.92 Å². The van der Waals surface area contributed by atoms with Gasteiger partial charge in [0.05, 0.1) is 0 Å². The van der Waals surface area contributed by atoms with Crippen molar-refractivity contribution in [1.29, 1.82) is 0 Å². The Morgan fingerprint density at radius 1 is 1.08 bits per heavy atom. The highest BCUT2D eigenvalue weighted by molar-refractivity contribution is 5.77. The fourth-order valence-electron chi connectivity index (χ4n) is 2.80. The Morgan fingerprint density at radius 2 is 1.80 bits per heavy atom. The van der Waals surface area contributed by atoms with Crippen LogP contribution >= 0.6 is 0 Å². The van der Waals surface area contributed by atoms with E-state index < -0.39 is 0 Å². The molecule has 2 aromatic carbocycles. The number of rotatable bonds is 8. The molecule has 0 aliphatic rings. The Balaban J connectivity index is 1.81. The first-order chi connectivity index (χ1) is 12.0. The van der Waals surface area contributed by atoms with Gasteiger partial charge in [-0.05, 0) is 55.4 Å². The number of carbonyl (C=O) groups is 1. The van der Waals surface area contributed by atoms with E-state index in [2.05, 4.69) is 43.4 Å². The second-order valence-corrected chi connectivity index (χ2v) is 6.98. The van der Waals surface area contributed by atoms with Crippen molar-refractivity contribution in [3.63, 3.8) is 0 Å². The van der Waals surface area contributed by atoms with Gasteiger partial charge in [-0.2, -0.15) is 0 Å². The molecule has 3 nitrogen and oxygen atoms in total. The first kappa shape index (κ1) is 19.0. The standard InChI is InChI=1S/C22H29NO2/c1-16(2)20-13-10-17(3)14-21(20)25-15-22(24)23-18(4)11-12-19-8-6-5-7-9-19/h5-10,13-14,16,18H,11-12,15H2,1-4H3,(H,23,24)/t18-/m0/s1. The fourth-order valence-corrected chi connectivity index (χ4v) is 2.80. The van der Waals surface area contributed by atoms with Gasteiger partial charge in [0.2, 0.25) is 0 Å². The average molecular weight is 339 g/mol. The molecule has 0 saturated heterocycles. The first-order valence-electron chi connectivity index (χ1n) is 9.02. The maximum atomic E-state index is 12.2. The van der Waals surface area contributed by atoms with Crippen LogP contribution in [0.3, 0.4) is 0 Å². The molecule has 0 saturated carbocycles. The molecule has 0 radical (unpaired) electrons. The van der Waals surface area contributed by atoms with Gasteiger partial charge in [-0.1, -0.05) is 56.3 Å². The minimum absolute atomic E-state index is 0.0544. The van der Waals surface area contributed by atoms with Crippen molar-refractivity contribution < 1.29 is 9.53 Å². The number of amides is 1. The lowest BCUT2D eigenvalue weighted by atomic mass is 10.0. The predicted molar refractivity (Wildman–Crippen MR) is 103 cm³/mol. The lowest BCUT2D eigenvalue weighted by Crippen LogP contribution is -2.36. The number of carbonyl (C=O) groups excluding carboxylic acids is 1. The third-order valence-corrected chi connectivity index (χ3v) is 4.27. The molecule has 1 amide bonds. The van der Waals surface area contributed by atoms with E-state index >= 15 is 0 Å². The van der Waals surface area contributed by atoms with E-state index in [0.29, 0.717) is 5.92 Å². The van der Waals surface area contributed by atoms with Gasteiger partial charge in [0.15, 0.2) is 6.61 Å². The summed E-state index contributed by atoms with van der Waals surface area (Å²) in [6.45, 7) is 8.38. The molecule has 0 aromatic heterocycles. The molecule has 0 spiro atoms. The molecule has 3 heteroatoms. The highest BCUT2D eigenvalue weighted by Crippen LogP contribution is 2.27. The highest BCUT2D eigenvalue weighted by atomic mass is 16.5.